The second-order valence-corrected chi connectivity index (χ2v) is 5.53. The highest BCUT2D eigenvalue weighted by Gasteiger charge is 2.06. The Morgan fingerprint density at radius 1 is 1.26 bits per heavy atom. The van der Waals surface area contributed by atoms with Crippen LogP contribution in [0.4, 0.5) is 11.4 Å². The van der Waals surface area contributed by atoms with Crippen LogP contribution in [0.15, 0.2) is 41.9 Å². The van der Waals surface area contributed by atoms with Gasteiger partial charge >= 0.3 is 0 Å². The summed E-state index contributed by atoms with van der Waals surface area (Å²) in [4.78, 5) is 4.28. The molecule has 0 saturated carbocycles. The van der Waals surface area contributed by atoms with Gasteiger partial charge in [-0.1, -0.05) is 23.7 Å². The summed E-state index contributed by atoms with van der Waals surface area (Å²) in [5, 5.41) is 4.06. The van der Waals surface area contributed by atoms with Crippen LogP contribution >= 0.6 is 22.9 Å². The molecule has 0 unspecified atom stereocenters. The van der Waals surface area contributed by atoms with Crippen molar-refractivity contribution in [1.29, 1.82) is 0 Å². The predicted octanol–water partition coefficient (Wildman–Crippen LogP) is 4.14. The van der Waals surface area contributed by atoms with E-state index in [0.29, 0.717) is 12.2 Å². The van der Waals surface area contributed by atoms with Crippen molar-refractivity contribution in [2.24, 2.45) is 0 Å². The molecule has 3 rings (SSSR count). The van der Waals surface area contributed by atoms with Gasteiger partial charge in [-0.3, -0.25) is 0 Å². The van der Waals surface area contributed by atoms with Crippen molar-refractivity contribution < 1.29 is 0 Å². The van der Waals surface area contributed by atoms with E-state index in [4.69, 9.17) is 17.3 Å². The van der Waals surface area contributed by atoms with Crippen LogP contribution in [0, 0.1) is 0 Å². The number of benzene rings is 2. The maximum Gasteiger partial charge on any atom is 0.106 e. The molecule has 2 aromatic carbocycles. The van der Waals surface area contributed by atoms with Gasteiger partial charge in [0.2, 0.25) is 0 Å². The highest BCUT2D eigenvalue weighted by Crippen LogP contribution is 2.30. The summed E-state index contributed by atoms with van der Waals surface area (Å²) in [6.07, 6.45) is 0. The quantitative estimate of drug-likeness (QED) is 0.712. The minimum Gasteiger partial charge on any atom is -0.395 e. The van der Waals surface area contributed by atoms with E-state index in [0.717, 1.165) is 26.5 Å². The molecule has 96 valence electrons. The lowest BCUT2D eigenvalue weighted by atomic mass is 10.2. The summed E-state index contributed by atoms with van der Waals surface area (Å²) >= 11 is 7.55. The zero-order valence-electron chi connectivity index (χ0n) is 10.1. The third kappa shape index (κ3) is 2.50. The zero-order valence-corrected chi connectivity index (χ0v) is 11.6. The van der Waals surface area contributed by atoms with Gasteiger partial charge in [0.25, 0.3) is 0 Å². The summed E-state index contributed by atoms with van der Waals surface area (Å²) in [6.45, 7) is 0.681. The van der Waals surface area contributed by atoms with E-state index < -0.39 is 0 Å². The molecule has 3 nitrogen and oxygen atoms in total. The topological polar surface area (TPSA) is 50.9 Å². The molecule has 0 atom stereocenters. The Kier molecular flexibility index (Phi) is 3.27. The first-order valence-electron chi connectivity index (χ1n) is 5.84. The number of nitrogens with zero attached hydrogens (tertiary/aromatic N) is 1. The van der Waals surface area contributed by atoms with Crippen molar-refractivity contribution >= 4 is 44.5 Å². The van der Waals surface area contributed by atoms with Crippen LogP contribution in [0.3, 0.4) is 0 Å². The molecule has 3 N–H and O–H groups in total. The number of nitrogens with one attached hydrogen (secondary N) is 1. The van der Waals surface area contributed by atoms with Crippen LogP contribution in [0.5, 0.6) is 0 Å². The molecule has 1 aromatic heterocycles. The Morgan fingerprint density at radius 3 is 3.00 bits per heavy atom. The molecular formula is C14H12ClN3S. The fourth-order valence-electron chi connectivity index (χ4n) is 1.95. The summed E-state index contributed by atoms with van der Waals surface area (Å²) in [5.41, 5.74) is 11.5. The van der Waals surface area contributed by atoms with Gasteiger partial charge in [0.15, 0.2) is 0 Å². The molecule has 5 heteroatoms. The lowest BCUT2D eigenvalue weighted by Gasteiger charge is -2.10. The normalized spacial score (nSPS) is 10.8. The fraction of sp³-hybridized carbons (Fsp3) is 0.0714. The second kappa shape index (κ2) is 5.07. The lowest BCUT2D eigenvalue weighted by molar-refractivity contribution is 1.15. The summed E-state index contributed by atoms with van der Waals surface area (Å²) < 4.78 is 1.10. The average molecular weight is 290 g/mol. The molecule has 0 bridgehead atoms. The number of nitrogen functional groups attached to an aromatic ring is 1. The van der Waals surface area contributed by atoms with Gasteiger partial charge in [-0.05, 0) is 29.8 Å². The number of hydrogen-bond donors (Lipinski definition) is 2. The molecular weight excluding hydrogens is 278 g/mol. The lowest BCUT2D eigenvalue weighted by Crippen LogP contribution is -2.02. The Hall–Kier alpha value is -1.78. The van der Waals surface area contributed by atoms with Crippen LogP contribution in [-0.4, -0.2) is 4.98 Å². The number of anilines is 2. The summed E-state index contributed by atoms with van der Waals surface area (Å²) in [6, 6.07) is 11.8. The Labute approximate surface area is 120 Å². The third-order valence-electron chi connectivity index (χ3n) is 2.91. The summed E-state index contributed by atoms with van der Waals surface area (Å²) in [7, 11) is 0. The molecule has 0 aliphatic heterocycles. The molecule has 0 saturated heterocycles. The number of halogens is 1. The number of nitrogens with two attached hydrogens (primary N) is 1. The van der Waals surface area contributed by atoms with Gasteiger partial charge in [-0.2, -0.15) is 0 Å². The smallest absolute Gasteiger partial charge is 0.106 e. The molecule has 0 aliphatic rings. The Morgan fingerprint density at radius 2 is 2.16 bits per heavy atom. The summed E-state index contributed by atoms with van der Waals surface area (Å²) in [5.74, 6) is 0. The predicted molar refractivity (Wildman–Crippen MR) is 82.8 cm³/mol. The van der Waals surface area contributed by atoms with E-state index in [1.807, 2.05) is 41.9 Å². The van der Waals surface area contributed by atoms with Gasteiger partial charge in [0, 0.05) is 11.6 Å². The number of aromatic nitrogens is 1. The van der Waals surface area contributed by atoms with Gasteiger partial charge < -0.3 is 11.1 Å². The molecule has 1 heterocycles. The van der Waals surface area contributed by atoms with E-state index in [9.17, 15) is 0 Å². The van der Waals surface area contributed by atoms with Crippen molar-refractivity contribution in [3.63, 3.8) is 0 Å². The Bertz CT molecular complexity index is 724. The number of hydrogen-bond acceptors (Lipinski definition) is 4. The molecule has 3 aromatic rings. The van der Waals surface area contributed by atoms with E-state index in [-0.39, 0.29) is 0 Å². The minimum atomic E-state index is 0.681. The minimum absolute atomic E-state index is 0.681. The first-order chi connectivity index (χ1) is 9.24. The van der Waals surface area contributed by atoms with E-state index in [1.54, 1.807) is 11.3 Å². The number of fused-ring (bicyclic) bond motifs is 1. The molecule has 0 amide bonds. The van der Waals surface area contributed by atoms with Crippen molar-refractivity contribution in [1.82, 2.24) is 4.98 Å². The molecule has 0 radical (unpaired) electrons. The van der Waals surface area contributed by atoms with Crippen molar-refractivity contribution in [2.45, 2.75) is 6.54 Å². The highest BCUT2D eigenvalue weighted by molar-refractivity contribution is 7.16. The monoisotopic (exact) mass is 289 g/mol. The molecule has 0 fully saturated rings. The highest BCUT2D eigenvalue weighted by atomic mass is 35.5. The van der Waals surface area contributed by atoms with Crippen LogP contribution < -0.4 is 11.1 Å². The Balaban J connectivity index is 1.83. The number of thiazole rings is 1. The average Bonchev–Trinajstić information content (AvgIpc) is 2.87. The van der Waals surface area contributed by atoms with Crippen molar-refractivity contribution in [2.75, 3.05) is 11.1 Å². The van der Waals surface area contributed by atoms with Crippen molar-refractivity contribution in [3.8, 4) is 0 Å². The van der Waals surface area contributed by atoms with E-state index in [2.05, 4.69) is 10.3 Å². The van der Waals surface area contributed by atoms with Crippen molar-refractivity contribution in [3.05, 3.63) is 52.5 Å². The first-order valence-corrected chi connectivity index (χ1v) is 7.10. The molecule has 0 aliphatic carbocycles. The number of rotatable bonds is 3. The largest absolute Gasteiger partial charge is 0.395 e. The zero-order chi connectivity index (χ0) is 13.2. The van der Waals surface area contributed by atoms with E-state index >= 15 is 0 Å². The van der Waals surface area contributed by atoms with Gasteiger partial charge in [-0.15, -0.1) is 11.3 Å². The van der Waals surface area contributed by atoms with Crippen LogP contribution in [0.1, 0.15) is 5.56 Å². The van der Waals surface area contributed by atoms with Crippen LogP contribution in [-0.2, 0) is 6.54 Å². The fourth-order valence-corrected chi connectivity index (χ4v) is 2.86. The third-order valence-corrected chi connectivity index (χ3v) is 3.94. The SMILES string of the molecule is Nc1c(NCc2cccc(Cl)c2)ccc2scnc12. The van der Waals surface area contributed by atoms with Gasteiger partial charge in [0.1, 0.15) is 5.52 Å². The van der Waals surface area contributed by atoms with Gasteiger partial charge in [-0.25, -0.2) is 4.98 Å². The maximum atomic E-state index is 6.11. The molecule has 19 heavy (non-hydrogen) atoms. The second-order valence-electron chi connectivity index (χ2n) is 4.21. The van der Waals surface area contributed by atoms with Crippen LogP contribution in [0.2, 0.25) is 5.02 Å². The standard InChI is InChI=1S/C14H12ClN3S/c15-10-3-1-2-9(6-10)7-17-11-4-5-12-14(13(11)16)18-8-19-12/h1-6,8,17H,7,16H2. The van der Waals surface area contributed by atoms with E-state index in [1.165, 1.54) is 0 Å². The van der Waals surface area contributed by atoms with Gasteiger partial charge in [0.05, 0.1) is 21.6 Å². The first kappa shape index (κ1) is 12.3. The van der Waals surface area contributed by atoms with Crippen LogP contribution in [0.25, 0.3) is 10.2 Å². The maximum absolute atomic E-state index is 6.11. The molecule has 0 spiro atoms.